The van der Waals surface area contributed by atoms with Crippen LogP contribution < -0.4 is 28.5 Å². The Morgan fingerprint density at radius 1 is 1.44 bits per heavy atom. The topological polar surface area (TPSA) is 8.81 Å². The van der Waals surface area contributed by atoms with E-state index >= 15 is 0 Å². The molecule has 3 rings (SSSR count). The predicted molar refractivity (Wildman–Crippen MR) is 61.1 cm³/mol. The summed E-state index contributed by atoms with van der Waals surface area (Å²) in [6, 6.07) is 6.19. The number of hydrogen-bond donors (Lipinski definition) is 0. The van der Waals surface area contributed by atoms with E-state index in [0.717, 1.165) is 18.1 Å². The maximum atomic E-state index is 6.05. The molecule has 86 valence electrons. The van der Waals surface area contributed by atoms with E-state index in [-0.39, 0.29) is 24.0 Å². The van der Waals surface area contributed by atoms with Crippen molar-refractivity contribution in [3.8, 4) is 0 Å². The summed E-state index contributed by atoms with van der Waals surface area (Å²) in [5.41, 5.74) is 2.61. The highest BCUT2D eigenvalue weighted by Crippen LogP contribution is 2.23. The van der Waals surface area contributed by atoms with E-state index in [4.69, 9.17) is 11.6 Å². The van der Waals surface area contributed by atoms with Crippen molar-refractivity contribution in [2.24, 2.45) is 0 Å². The lowest BCUT2D eigenvalue weighted by molar-refractivity contribution is -0.675. The van der Waals surface area contributed by atoms with Crippen molar-refractivity contribution >= 4 is 22.6 Å². The molecule has 2 nitrogen and oxygen atoms in total. The molecule has 0 aliphatic carbocycles. The molecule has 0 N–H and O–H groups in total. The second kappa shape index (κ2) is 4.53. The fraction of sp³-hybridized carbons (Fsp3) is 0.417. The molecule has 0 amide bonds. The first-order valence-corrected chi connectivity index (χ1v) is 5.89. The fourth-order valence-corrected chi connectivity index (χ4v) is 2.80. The summed E-state index contributed by atoms with van der Waals surface area (Å²) in [4.78, 5) is 0. The van der Waals surface area contributed by atoms with Crippen molar-refractivity contribution in [2.45, 2.75) is 32.9 Å². The summed E-state index contributed by atoms with van der Waals surface area (Å²) < 4.78 is 4.81. The molecule has 1 aliphatic heterocycles. The number of fused-ring (bicyclic) bond motifs is 3. The van der Waals surface area contributed by atoms with E-state index in [1.165, 1.54) is 29.7 Å². The Kier molecular flexibility index (Phi) is 3.45. The summed E-state index contributed by atoms with van der Waals surface area (Å²) in [7, 11) is 0. The van der Waals surface area contributed by atoms with Gasteiger partial charge >= 0.3 is 0 Å². The van der Waals surface area contributed by atoms with Gasteiger partial charge in [-0.05, 0) is 25.5 Å². The molecule has 2 heterocycles. The first-order chi connectivity index (χ1) is 7.31. The third-order valence-corrected chi connectivity index (χ3v) is 3.48. The Morgan fingerprint density at radius 2 is 2.25 bits per heavy atom. The van der Waals surface area contributed by atoms with Crippen LogP contribution in [0.1, 0.15) is 19.2 Å². The van der Waals surface area contributed by atoms with Gasteiger partial charge in [-0.1, -0.05) is 11.6 Å². The maximum Gasteiger partial charge on any atom is 0.257 e. The highest BCUT2D eigenvalue weighted by molar-refractivity contribution is 6.31. The van der Waals surface area contributed by atoms with E-state index in [2.05, 4.69) is 28.2 Å². The monoisotopic (exact) mass is 348 g/mol. The van der Waals surface area contributed by atoms with Gasteiger partial charge in [-0.2, -0.15) is 0 Å². The molecule has 2 aromatic rings. The van der Waals surface area contributed by atoms with Crippen LogP contribution in [0.15, 0.2) is 18.2 Å². The van der Waals surface area contributed by atoms with Crippen LogP contribution in [-0.4, -0.2) is 4.57 Å². The zero-order valence-corrected chi connectivity index (χ0v) is 12.1. The summed E-state index contributed by atoms with van der Waals surface area (Å²) in [5.74, 6) is 1.45. The molecule has 0 unspecified atom stereocenters. The minimum absolute atomic E-state index is 0. The lowest BCUT2D eigenvalue weighted by atomic mass is 10.3. The first-order valence-electron chi connectivity index (χ1n) is 5.51. The van der Waals surface area contributed by atoms with Crippen LogP contribution >= 0.6 is 11.6 Å². The zero-order valence-electron chi connectivity index (χ0n) is 9.21. The highest BCUT2D eigenvalue weighted by Gasteiger charge is 2.27. The Hall–Kier alpha value is -0.290. The molecule has 16 heavy (non-hydrogen) atoms. The van der Waals surface area contributed by atoms with Crippen LogP contribution in [0, 0.1) is 0 Å². The summed E-state index contributed by atoms with van der Waals surface area (Å²) in [6.07, 6.45) is 2.46. The number of benzene rings is 1. The molecule has 1 aromatic heterocycles. The van der Waals surface area contributed by atoms with Crippen LogP contribution in [0.3, 0.4) is 0 Å². The minimum Gasteiger partial charge on any atom is -1.00 e. The van der Waals surface area contributed by atoms with Gasteiger partial charge in [-0.3, -0.25) is 0 Å². The summed E-state index contributed by atoms with van der Waals surface area (Å²) in [5, 5.41) is 0.831. The number of rotatable bonds is 1. The van der Waals surface area contributed by atoms with Crippen LogP contribution in [0.4, 0.5) is 0 Å². The van der Waals surface area contributed by atoms with Gasteiger partial charge in [-0.25, -0.2) is 9.13 Å². The minimum atomic E-state index is 0. The number of imidazole rings is 1. The molecule has 0 saturated heterocycles. The first kappa shape index (κ1) is 12.2. The standard InChI is InChI=1S/C12H14ClN2.HI/c1-2-14-10-6-5-9(13)8-11(10)15-7-3-4-12(14)15;/h5-6,8H,2-4,7H2,1H3;1H/q+1;/p-1. The molecule has 0 bridgehead atoms. The normalized spacial score (nSPS) is 13.9. The largest absolute Gasteiger partial charge is 1.00 e. The fourth-order valence-electron chi connectivity index (χ4n) is 2.63. The summed E-state index contributed by atoms with van der Waals surface area (Å²) in [6.45, 7) is 4.38. The van der Waals surface area contributed by atoms with Gasteiger partial charge < -0.3 is 24.0 Å². The molecule has 0 saturated carbocycles. The quantitative estimate of drug-likeness (QED) is 0.488. The Labute approximate surface area is 117 Å². The van der Waals surface area contributed by atoms with Crippen LogP contribution in [0.2, 0.25) is 5.02 Å². The molecule has 0 spiro atoms. The van der Waals surface area contributed by atoms with Crippen molar-refractivity contribution in [2.75, 3.05) is 0 Å². The SMILES string of the molecule is CC[n+]1c2n(c3cc(Cl)ccc31)CCC2.[I-]. The summed E-state index contributed by atoms with van der Waals surface area (Å²) >= 11 is 6.05. The molecule has 0 atom stereocenters. The molecular formula is C12H14ClIN2. The van der Waals surface area contributed by atoms with Gasteiger partial charge in [0.05, 0.1) is 19.5 Å². The lowest BCUT2D eigenvalue weighted by Gasteiger charge is -1.94. The predicted octanol–water partition coefficient (Wildman–Crippen LogP) is -0.448. The van der Waals surface area contributed by atoms with Crippen molar-refractivity contribution in [1.82, 2.24) is 4.57 Å². The Morgan fingerprint density at radius 3 is 3.00 bits per heavy atom. The third-order valence-electron chi connectivity index (χ3n) is 3.24. The average molecular weight is 349 g/mol. The number of nitrogens with zero attached hydrogens (tertiary/aromatic N) is 2. The van der Waals surface area contributed by atoms with E-state index in [1.54, 1.807) is 0 Å². The maximum absolute atomic E-state index is 6.05. The zero-order chi connectivity index (χ0) is 10.4. The van der Waals surface area contributed by atoms with Gasteiger partial charge in [0.1, 0.15) is 0 Å². The van der Waals surface area contributed by atoms with E-state index in [9.17, 15) is 0 Å². The number of hydrogen-bond acceptors (Lipinski definition) is 0. The van der Waals surface area contributed by atoms with Gasteiger partial charge in [-0.15, -0.1) is 0 Å². The molecule has 0 radical (unpaired) electrons. The molecular weight excluding hydrogens is 335 g/mol. The average Bonchev–Trinajstić information content (AvgIpc) is 2.77. The lowest BCUT2D eigenvalue weighted by Crippen LogP contribution is -3.00. The van der Waals surface area contributed by atoms with Gasteiger partial charge in [0.25, 0.3) is 5.82 Å². The molecule has 1 aliphatic rings. The van der Waals surface area contributed by atoms with E-state index in [0.29, 0.717) is 0 Å². The van der Waals surface area contributed by atoms with E-state index < -0.39 is 0 Å². The number of aryl methyl sites for hydroxylation is 2. The second-order valence-electron chi connectivity index (χ2n) is 4.05. The molecule has 4 heteroatoms. The highest BCUT2D eigenvalue weighted by atomic mass is 127. The van der Waals surface area contributed by atoms with Crippen LogP contribution in [0.25, 0.3) is 11.0 Å². The van der Waals surface area contributed by atoms with Crippen LogP contribution in [0.5, 0.6) is 0 Å². The smallest absolute Gasteiger partial charge is 0.257 e. The Balaban J connectivity index is 0.000000963. The Bertz CT molecular complexity index is 533. The van der Waals surface area contributed by atoms with Crippen molar-refractivity contribution in [3.05, 3.63) is 29.0 Å². The number of halogens is 2. The molecule has 0 fully saturated rings. The van der Waals surface area contributed by atoms with Gasteiger partial charge in [0, 0.05) is 11.1 Å². The van der Waals surface area contributed by atoms with Crippen molar-refractivity contribution in [1.29, 1.82) is 0 Å². The molecule has 1 aromatic carbocycles. The van der Waals surface area contributed by atoms with Gasteiger partial charge in [0.2, 0.25) is 0 Å². The van der Waals surface area contributed by atoms with E-state index in [1.807, 2.05) is 6.07 Å². The van der Waals surface area contributed by atoms with Gasteiger partial charge in [0.15, 0.2) is 11.0 Å². The number of aromatic nitrogens is 2. The second-order valence-corrected chi connectivity index (χ2v) is 4.49. The third kappa shape index (κ3) is 1.64. The van der Waals surface area contributed by atoms with Crippen molar-refractivity contribution < 1.29 is 28.5 Å². The van der Waals surface area contributed by atoms with Crippen LogP contribution in [-0.2, 0) is 19.5 Å². The van der Waals surface area contributed by atoms with Crippen molar-refractivity contribution in [3.63, 3.8) is 0 Å².